The number of hydrogen-bond donors (Lipinski definition) is 1. The van der Waals surface area contributed by atoms with E-state index >= 15 is 0 Å². The van der Waals surface area contributed by atoms with Crippen LogP contribution in [0.2, 0.25) is 0 Å². The van der Waals surface area contributed by atoms with Crippen molar-refractivity contribution in [2.45, 2.75) is 58.5 Å². The summed E-state index contributed by atoms with van der Waals surface area (Å²) in [5.41, 5.74) is 3.17. The van der Waals surface area contributed by atoms with Gasteiger partial charge >= 0.3 is 0 Å². The molecule has 0 saturated heterocycles. The Balaban J connectivity index is 1.79. The first-order valence-corrected chi connectivity index (χ1v) is 8.89. The molecular formula is C19H26N4O. The molecule has 2 aromatic heterocycles. The average molecular weight is 326 g/mol. The van der Waals surface area contributed by atoms with E-state index in [1.807, 2.05) is 24.5 Å². The van der Waals surface area contributed by atoms with Crippen LogP contribution in [0.3, 0.4) is 0 Å². The topological polar surface area (TPSA) is 59.8 Å². The minimum Gasteiger partial charge on any atom is -0.350 e. The molecule has 2 aromatic rings. The Morgan fingerprint density at radius 1 is 1.29 bits per heavy atom. The number of hydrogen-bond acceptors (Lipinski definition) is 3. The van der Waals surface area contributed by atoms with Crippen molar-refractivity contribution in [3.05, 3.63) is 36.3 Å². The van der Waals surface area contributed by atoms with Gasteiger partial charge in [0.1, 0.15) is 0 Å². The van der Waals surface area contributed by atoms with E-state index in [1.165, 1.54) is 25.7 Å². The first-order valence-electron chi connectivity index (χ1n) is 8.89. The highest BCUT2D eigenvalue weighted by Gasteiger charge is 2.22. The zero-order valence-electron chi connectivity index (χ0n) is 14.5. The van der Waals surface area contributed by atoms with Gasteiger partial charge < -0.3 is 5.32 Å². The lowest BCUT2D eigenvalue weighted by molar-refractivity contribution is -0.121. The first kappa shape index (κ1) is 16.7. The van der Waals surface area contributed by atoms with Crippen molar-refractivity contribution >= 4 is 5.91 Å². The van der Waals surface area contributed by atoms with E-state index in [9.17, 15) is 4.79 Å². The van der Waals surface area contributed by atoms with Crippen LogP contribution < -0.4 is 5.32 Å². The van der Waals surface area contributed by atoms with Crippen molar-refractivity contribution in [1.29, 1.82) is 0 Å². The normalized spacial score (nSPS) is 15.1. The molecule has 1 N–H and O–H groups in total. The van der Waals surface area contributed by atoms with Gasteiger partial charge in [0.25, 0.3) is 0 Å². The minimum atomic E-state index is 0.0888. The highest BCUT2D eigenvalue weighted by atomic mass is 16.1. The number of pyridine rings is 1. The summed E-state index contributed by atoms with van der Waals surface area (Å²) in [7, 11) is 0. The maximum atomic E-state index is 11.9. The summed E-state index contributed by atoms with van der Waals surface area (Å²) in [6, 6.07) is 6.60. The quantitative estimate of drug-likeness (QED) is 0.880. The van der Waals surface area contributed by atoms with Crippen molar-refractivity contribution in [3.63, 3.8) is 0 Å². The van der Waals surface area contributed by atoms with Crippen LogP contribution in [0.15, 0.2) is 30.6 Å². The summed E-state index contributed by atoms with van der Waals surface area (Å²) in [5, 5.41) is 7.79. The van der Waals surface area contributed by atoms with Crippen LogP contribution in [0.1, 0.15) is 57.7 Å². The molecule has 3 rings (SSSR count). The second-order valence-corrected chi connectivity index (χ2v) is 7.01. The third kappa shape index (κ3) is 4.02. The van der Waals surface area contributed by atoms with E-state index in [0.717, 1.165) is 17.0 Å². The molecule has 0 aliphatic heterocycles. The highest BCUT2D eigenvalue weighted by molar-refractivity contribution is 5.76. The maximum absolute atomic E-state index is 11.9. The summed E-state index contributed by atoms with van der Waals surface area (Å²) in [6.07, 6.45) is 9.07. The van der Waals surface area contributed by atoms with Gasteiger partial charge in [0.15, 0.2) is 0 Å². The van der Waals surface area contributed by atoms with Crippen LogP contribution in [0.5, 0.6) is 0 Å². The van der Waals surface area contributed by atoms with Crippen LogP contribution in [-0.2, 0) is 11.3 Å². The molecule has 1 saturated carbocycles. The van der Waals surface area contributed by atoms with E-state index in [-0.39, 0.29) is 5.91 Å². The monoisotopic (exact) mass is 326 g/mol. The number of carbonyl (C=O) groups is 1. The molecule has 2 heterocycles. The molecule has 5 heteroatoms. The van der Waals surface area contributed by atoms with E-state index < -0.39 is 0 Å². The van der Waals surface area contributed by atoms with Crippen molar-refractivity contribution < 1.29 is 4.79 Å². The van der Waals surface area contributed by atoms with Gasteiger partial charge in [-0.2, -0.15) is 5.10 Å². The van der Waals surface area contributed by atoms with E-state index in [1.54, 1.807) is 0 Å². The van der Waals surface area contributed by atoms with Crippen LogP contribution in [0.25, 0.3) is 11.3 Å². The molecular weight excluding hydrogens is 300 g/mol. The molecule has 1 amide bonds. The fraction of sp³-hybridized carbons (Fsp3) is 0.526. The zero-order valence-corrected chi connectivity index (χ0v) is 14.5. The number of rotatable bonds is 6. The van der Waals surface area contributed by atoms with Gasteiger partial charge in [-0.3, -0.25) is 14.5 Å². The number of nitrogens with zero attached hydrogens (tertiary/aromatic N) is 3. The molecule has 1 aliphatic rings. The van der Waals surface area contributed by atoms with Crippen molar-refractivity contribution in [2.24, 2.45) is 5.92 Å². The van der Waals surface area contributed by atoms with Crippen LogP contribution >= 0.6 is 0 Å². The standard InChI is InChI=1S/C19H26N4O/c1-14(2)11-19(24)21-13-16-12-18(15-7-9-20-10-8-15)23(22-16)17-5-3-4-6-17/h7-10,12,14,17H,3-6,11,13H2,1-2H3,(H,21,24). The molecule has 0 atom stereocenters. The second-order valence-electron chi connectivity index (χ2n) is 7.01. The molecule has 128 valence electrons. The van der Waals surface area contributed by atoms with Crippen molar-refractivity contribution in [1.82, 2.24) is 20.1 Å². The predicted octanol–water partition coefficient (Wildman–Crippen LogP) is 3.72. The highest BCUT2D eigenvalue weighted by Crippen LogP contribution is 2.33. The van der Waals surface area contributed by atoms with Crippen LogP contribution in [0.4, 0.5) is 0 Å². The molecule has 0 spiro atoms. The number of aromatic nitrogens is 3. The van der Waals surface area contributed by atoms with Gasteiger partial charge in [-0.25, -0.2) is 0 Å². The van der Waals surface area contributed by atoms with Gasteiger partial charge in [0.05, 0.1) is 24.0 Å². The smallest absolute Gasteiger partial charge is 0.220 e. The Morgan fingerprint density at radius 3 is 2.67 bits per heavy atom. The lowest BCUT2D eigenvalue weighted by Crippen LogP contribution is -2.24. The molecule has 24 heavy (non-hydrogen) atoms. The summed E-state index contributed by atoms with van der Waals surface area (Å²) in [4.78, 5) is 16.0. The van der Waals surface area contributed by atoms with Gasteiger partial charge in [-0.05, 0) is 37.0 Å². The molecule has 0 bridgehead atoms. The molecule has 1 fully saturated rings. The lowest BCUT2D eigenvalue weighted by atomic mass is 10.1. The predicted molar refractivity (Wildman–Crippen MR) is 94.3 cm³/mol. The molecule has 0 aromatic carbocycles. The molecule has 0 unspecified atom stereocenters. The largest absolute Gasteiger partial charge is 0.350 e. The number of amides is 1. The fourth-order valence-corrected chi connectivity index (χ4v) is 3.33. The summed E-state index contributed by atoms with van der Waals surface area (Å²) < 4.78 is 2.16. The van der Waals surface area contributed by atoms with Gasteiger partial charge in [-0.1, -0.05) is 26.7 Å². The Hall–Kier alpha value is -2.17. The molecule has 1 aliphatic carbocycles. The third-order valence-corrected chi connectivity index (χ3v) is 4.49. The summed E-state index contributed by atoms with van der Waals surface area (Å²) >= 11 is 0. The Morgan fingerprint density at radius 2 is 2.00 bits per heavy atom. The summed E-state index contributed by atoms with van der Waals surface area (Å²) in [6.45, 7) is 4.59. The Labute approximate surface area is 143 Å². The summed E-state index contributed by atoms with van der Waals surface area (Å²) in [5.74, 6) is 0.458. The van der Waals surface area contributed by atoms with Crippen LogP contribution in [-0.4, -0.2) is 20.7 Å². The van der Waals surface area contributed by atoms with E-state index in [4.69, 9.17) is 5.10 Å². The first-order chi connectivity index (χ1) is 11.6. The molecule has 5 nitrogen and oxygen atoms in total. The van der Waals surface area contributed by atoms with Crippen LogP contribution in [0, 0.1) is 5.92 Å². The van der Waals surface area contributed by atoms with Gasteiger partial charge in [0.2, 0.25) is 5.91 Å². The number of nitrogens with one attached hydrogen (secondary N) is 1. The van der Waals surface area contributed by atoms with E-state index in [0.29, 0.717) is 24.9 Å². The lowest BCUT2D eigenvalue weighted by Gasteiger charge is -2.14. The fourth-order valence-electron chi connectivity index (χ4n) is 3.33. The SMILES string of the molecule is CC(C)CC(=O)NCc1cc(-c2ccncc2)n(C2CCCC2)n1. The maximum Gasteiger partial charge on any atom is 0.220 e. The Kier molecular flexibility index (Phi) is 5.28. The Bertz CT molecular complexity index is 672. The zero-order chi connectivity index (χ0) is 16.9. The minimum absolute atomic E-state index is 0.0888. The van der Waals surface area contributed by atoms with E-state index in [2.05, 4.69) is 34.9 Å². The van der Waals surface area contributed by atoms with Gasteiger partial charge in [-0.15, -0.1) is 0 Å². The third-order valence-electron chi connectivity index (χ3n) is 4.49. The van der Waals surface area contributed by atoms with Gasteiger partial charge in [0, 0.05) is 24.4 Å². The second kappa shape index (κ2) is 7.60. The molecule has 0 radical (unpaired) electrons. The average Bonchev–Trinajstić information content (AvgIpc) is 3.22. The van der Waals surface area contributed by atoms with Crippen molar-refractivity contribution in [3.8, 4) is 11.3 Å². The van der Waals surface area contributed by atoms with Crippen molar-refractivity contribution in [2.75, 3.05) is 0 Å². The number of carbonyl (C=O) groups excluding carboxylic acids is 1.